The molecular weight excluding hydrogens is 777 g/mol. The van der Waals surface area contributed by atoms with Crippen LogP contribution in [0.3, 0.4) is 0 Å². The number of hydrogen-bond donors (Lipinski definition) is 2. The van der Waals surface area contributed by atoms with Crippen molar-refractivity contribution in [3.8, 4) is 0 Å². The molecule has 0 bridgehead atoms. The molecule has 4 amide bonds. The molecule has 326 valence electrons. The quantitative estimate of drug-likeness (QED) is 0.144. The summed E-state index contributed by atoms with van der Waals surface area (Å²) in [4.78, 5) is 39.7. The zero-order valence-electron chi connectivity index (χ0n) is 38.1. The molecule has 16 nitrogen and oxygen atoms in total. The van der Waals surface area contributed by atoms with E-state index in [0.29, 0.717) is 41.5 Å². The number of aromatic nitrogens is 9. The highest BCUT2D eigenvalue weighted by Crippen LogP contribution is 2.23. The third-order valence-corrected chi connectivity index (χ3v) is 9.34. The molecule has 18 heteroatoms. The van der Waals surface area contributed by atoms with Crippen molar-refractivity contribution in [1.29, 1.82) is 0 Å². The van der Waals surface area contributed by atoms with Gasteiger partial charge in [-0.3, -0.25) is 19.9 Å². The molecule has 58 heavy (non-hydrogen) atoms. The maximum atomic E-state index is 11.4. The van der Waals surface area contributed by atoms with Gasteiger partial charge in [0.1, 0.15) is 16.1 Å². The Kier molecular flexibility index (Phi) is 25.2. The third kappa shape index (κ3) is 21.3. The highest BCUT2D eigenvalue weighted by Gasteiger charge is 2.32. The van der Waals surface area contributed by atoms with Gasteiger partial charge in [0.05, 0.1) is 5.51 Å². The SMILES string of the molecule is C=C1C(=O)N(C(C)C)CC1C.CC(C)C.CC(C)C1NC(=O)NC1=O.CC(C)c1nnnn1C.Cc1cncs1.Cc1nnc(C(C)C)o1.Cc1nnc(C(C)C)s1. The molecule has 2 saturated heterocycles. The monoisotopic (exact) mass is 847 g/mol. The van der Waals surface area contributed by atoms with Crippen molar-refractivity contribution in [2.75, 3.05) is 6.54 Å². The molecule has 0 saturated carbocycles. The van der Waals surface area contributed by atoms with E-state index < -0.39 is 0 Å². The maximum Gasteiger partial charge on any atom is 0.322 e. The van der Waals surface area contributed by atoms with Crippen molar-refractivity contribution in [2.24, 2.45) is 24.8 Å². The standard InChI is InChI=1S/C9H15NO.C6H10N2O2.C6H10N2O.C6H10N2S.C5H10N4.C4H5NS.C4H10/c1-6(2)10-5-7(3)8(4)9(10)11;1-3(2)4-5(9)8-6(10)7-4;2*1-4(2)6-8-7-5(3)9-6;1-4(2)5-6-7-8-9(5)3;1-4-2-5-3-6-4;1-4(2)3/h6-7H,4-5H2,1-3H3;3-4H,1-2H3,(H2,7,8,9,10);3*4H,1-3H3;2-3H,1H3;4H,1-3H3. The summed E-state index contributed by atoms with van der Waals surface area (Å²) in [5.41, 5.74) is 2.59. The van der Waals surface area contributed by atoms with Gasteiger partial charge in [-0.25, -0.2) is 9.48 Å². The molecule has 2 N–H and O–H groups in total. The second-order valence-electron chi connectivity index (χ2n) is 15.9. The predicted molar refractivity (Wildman–Crippen MR) is 233 cm³/mol. The average Bonchev–Trinajstić information content (AvgIpc) is 3.99. The van der Waals surface area contributed by atoms with Crippen LogP contribution in [0.15, 0.2) is 28.3 Å². The lowest BCUT2D eigenvalue weighted by Crippen LogP contribution is -2.33. The number of hydrogen-bond acceptors (Lipinski definition) is 14. The number of imide groups is 1. The van der Waals surface area contributed by atoms with E-state index in [4.69, 9.17) is 4.42 Å². The van der Waals surface area contributed by atoms with Gasteiger partial charge in [-0.15, -0.1) is 48.2 Å². The Labute approximate surface area is 354 Å². The first kappa shape index (κ1) is 53.6. The normalized spacial score (nSPS) is 15.6. The van der Waals surface area contributed by atoms with E-state index in [9.17, 15) is 14.4 Å². The number of amides is 4. The number of nitrogens with one attached hydrogen (secondary N) is 2. The van der Waals surface area contributed by atoms with Gasteiger partial charge in [-0.05, 0) is 50.0 Å². The molecule has 2 fully saturated rings. The fourth-order valence-electron chi connectivity index (χ4n) is 4.33. The lowest BCUT2D eigenvalue weighted by atomic mass is 10.1. The van der Waals surface area contributed by atoms with Crippen molar-refractivity contribution in [1.82, 2.24) is 61.1 Å². The number of urea groups is 1. The Hall–Kier alpha value is -4.45. The fourth-order valence-corrected chi connectivity index (χ4v) is 5.44. The number of carbonyl (C=O) groups excluding carboxylic acids is 3. The van der Waals surface area contributed by atoms with Crippen LogP contribution in [0, 0.1) is 38.5 Å². The van der Waals surface area contributed by atoms with Gasteiger partial charge in [0.15, 0.2) is 5.82 Å². The number of carbonyl (C=O) groups is 3. The summed E-state index contributed by atoms with van der Waals surface area (Å²) in [6.07, 6.45) is 1.85. The summed E-state index contributed by atoms with van der Waals surface area (Å²) in [6.45, 7) is 39.2. The lowest BCUT2D eigenvalue weighted by molar-refractivity contribution is -0.126. The maximum absolute atomic E-state index is 11.4. The molecule has 0 aliphatic carbocycles. The number of thiazole rings is 1. The van der Waals surface area contributed by atoms with Gasteiger partial charge >= 0.3 is 6.03 Å². The number of aryl methyl sites for hydroxylation is 4. The highest BCUT2D eigenvalue weighted by molar-refractivity contribution is 7.11. The van der Waals surface area contributed by atoms with Gasteiger partial charge in [0, 0.05) is 66.9 Å². The Morgan fingerprint density at radius 1 is 0.845 bits per heavy atom. The van der Waals surface area contributed by atoms with Crippen LogP contribution in [0.5, 0.6) is 0 Å². The minimum Gasteiger partial charge on any atom is -0.425 e. The zero-order chi connectivity index (χ0) is 44.9. The largest absolute Gasteiger partial charge is 0.425 e. The van der Waals surface area contributed by atoms with Gasteiger partial charge in [-0.2, -0.15) is 0 Å². The first-order valence-electron chi connectivity index (χ1n) is 19.7. The fraction of sp³-hybridized carbons (Fsp3) is 0.675. The Bertz CT molecular complexity index is 1710. The van der Waals surface area contributed by atoms with Gasteiger partial charge < -0.3 is 14.6 Å². The summed E-state index contributed by atoms with van der Waals surface area (Å²) in [5, 5.41) is 33.3. The van der Waals surface area contributed by atoms with Crippen LogP contribution < -0.4 is 10.6 Å². The summed E-state index contributed by atoms with van der Waals surface area (Å²) in [6, 6.07) is -0.416. The van der Waals surface area contributed by atoms with E-state index in [1.165, 1.54) is 4.88 Å². The number of nitrogens with zero attached hydrogens (tertiary/aromatic N) is 10. The molecule has 2 unspecified atom stereocenters. The molecule has 4 aromatic heterocycles. The van der Waals surface area contributed by atoms with Crippen LogP contribution >= 0.6 is 22.7 Å². The minimum absolute atomic E-state index is 0.132. The Morgan fingerprint density at radius 3 is 1.64 bits per heavy atom. The number of tetrazole rings is 1. The van der Waals surface area contributed by atoms with Crippen LogP contribution in [0.4, 0.5) is 4.79 Å². The molecule has 2 atom stereocenters. The van der Waals surface area contributed by atoms with E-state index in [1.54, 1.807) is 34.3 Å². The van der Waals surface area contributed by atoms with Crippen LogP contribution in [-0.4, -0.2) is 87.0 Å². The molecule has 0 aromatic carbocycles. The van der Waals surface area contributed by atoms with Crippen molar-refractivity contribution in [3.05, 3.63) is 56.4 Å². The smallest absolute Gasteiger partial charge is 0.322 e. The Morgan fingerprint density at radius 2 is 1.45 bits per heavy atom. The summed E-state index contributed by atoms with van der Waals surface area (Å²) >= 11 is 3.34. The first-order valence-corrected chi connectivity index (χ1v) is 21.4. The molecule has 6 rings (SSSR count). The second-order valence-corrected chi connectivity index (χ2v) is 18.3. The van der Waals surface area contributed by atoms with Crippen LogP contribution in [0.1, 0.15) is 147 Å². The average molecular weight is 847 g/mol. The minimum atomic E-state index is -0.385. The van der Waals surface area contributed by atoms with E-state index in [2.05, 4.69) is 107 Å². The second kappa shape index (κ2) is 27.3. The predicted octanol–water partition coefficient (Wildman–Crippen LogP) is 8.20. The third-order valence-electron chi connectivity index (χ3n) is 7.49. The lowest BCUT2D eigenvalue weighted by Gasteiger charge is -2.19. The van der Waals surface area contributed by atoms with E-state index >= 15 is 0 Å². The molecular formula is C40H70N12O4S2. The van der Waals surface area contributed by atoms with E-state index in [0.717, 1.165) is 33.9 Å². The first-order chi connectivity index (χ1) is 26.9. The molecule has 2 aliphatic heterocycles. The van der Waals surface area contributed by atoms with Crippen LogP contribution in [-0.2, 0) is 16.6 Å². The van der Waals surface area contributed by atoms with Gasteiger partial charge in [0.25, 0.3) is 5.91 Å². The van der Waals surface area contributed by atoms with Crippen molar-refractivity contribution in [2.45, 2.75) is 148 Å². The molecule has 4 aromatic rings. The Balaban J connectivity index is 0.000000664. The van der Waals surface area contributed by atoms with Gasteiger partial charge in [-0.1, -0.05) is 89.7 Å². The highest BCUT2D eigenvalue weighted by atomic mass is 32.1. The van der Waals surface area contributed by atoms with Crippen molar-refractivity contribution >= 4 is 40.5 Å². The van der Waals surface area contributed by atoms with E-state index in [-0.39, 0.29) is 29.8 Å². The summed E-state index contributed by atoms with van der Waals surface area (Å²) in [7, 11) is 1.84. The van der Waals surface area contributed by atoms with Crippen LogP contribution in [0.2, 0.25) is 0 Å². The summed E-state index contributed by atoms with van der Waals surface area (Å²) < 4.78 is 6.81. The van der Waals surface area contributed by atoms with Crippen LogP contribution in [0.25, 0.3) is 0 Å². The molecule has 2 aliphatic rings. The number of likely N-dealkylation sites (tertiary alicyclic amines) is 1. The van der Waals surface area contributed by atoms with Crippen molar-refractivity contribution in [3.63, 3.8) is 0 Å². The van der Waals surface area contributed by atoms with E-state index in [1.807, 2.05) is 86.0 Å². The van der Waals surface area contributed by atoms with Crippen molar-refractivity contribution < 1.29 is 18.8 Å². The molecule has 0 radical (unpaired) electrons. The zero-order valence-corrected chi connectivity index (χ0v) is 39.7. The molecule has 6 heterocycles. The summed E-state index contributed by atoms with van der Waals surface area (Å²) in [5.74, 6) is 4.79. The van der Waals surface area contributed by atoms with Gasteiger partial charge in [0.2, 0.25) is 17.7 Å². The topological polar surface area (TPSA) is 200 Å². The molecule has 0 spiro atoms. The number of rotatable bonds is 5.